The number of carboxylic acid groups (broad SMARTS) is 2. The predicted octanol–water partition coefficient (Wildman–Crippen LogP) is -0.0634. The molecule has 6 nitrogen and oxygen atoms in total. The van der Waals surface area contributed by atoms with Gasteiger partial charge in [0.15, 0.2) is 0 Å². The van der Waals surface area contributed by atoms with Gasteiger partial charge in [0, 0.05) is 0 Å². The molecule has 0 amide bonds. The Kier molecular flexibility index (Phi) is 20.4. The molecular weight excluding hydrogens is 239 g/mol. The maximum Gasteiger partial charge on any atom is 0.318 e. The Hall–Kier alpha value is -0.560. The summed E-state index contributed by atoms with van der Waals surface area (Å²) in [6, 6.07) is 0. The van der Waals surface area contributed by atoms with E-state index >= 15 is 0 Å². The number of carboxylic acids is 2. The summed E-state index contributed by atoms with van der Waals surface area (Å²) in [5, 5.41) is 30.4. The lowest BCUT2D eigenvalue weighted by Crippen LogP contribution is -1.92. The quantitative estimate of drug-likeness (QED) is 0.403. The average molecular weight is 251 g/mol. The minimum Gasteiger partial charge on any atom is -0.480 e. The lowest BCUT2D eigenvalue weighted by molar-refractivity contribution is -0.135. The van der Waals surface area contributed by atoms with E-state index in [1.807, 2.05) is 0 Å². The van der Waals surface area contributed by atoms with Crippen molar-refractivity contribution in [2.45, 2.75) is 13.2 Å². The summed E-state index contributed by atoms with van der Waals surface area (Å²) in [6.07, 6.45) is -1.17. The molecule has 0 spiro atoms. The van der Waals surface area contributed by atoms with Gasteiger partial charge in [-0.25, -0.2) is 0 Å². The number of carbonyl (C=O) groups is 2. The number of rotatable bonds is 2. The molecule has 0 aromatic heterocycles. The maximum absolute atomic E-state index is 9.24. The molecule has 0 aliphatic rings. The van der Waals surface area contributed by atoms with Gasteiger partial charge in [-0.3, -0.25) is 9.59 Å². The van der Waals surface area contributed by atoms with Gasteiger partial charge in [-0.2, -0.15) is 0 Å². The molecule has 0 fully saturated rings. The molecule has 0 atom stereocenters. The van der Waals surface area contributed by atoms with Gasteiger partial charge in [-0.05, 0) is 6.92 Å². The van der Waals surface area contributed by atoms with Crippen LogP contribution in [0.15, 0.2) is 0 Å². The first-order chi connectivity index (χ1) is 6.27. The second kappa shape index (κ2) is 14.9. The average Bonchev–Trinajstić information content (AvgIpc) is 2.04. The lowest BCUT2D eigenvalue weighted by Gasteiger charge is -1.80. The van der Waals surface area contributed by atoms with Crippen molar-refractivity contribution < 1.29 is 30.0 Å². The zero-order chi connectivity index (χ0) is 12.1. The van der Waals surface area contributed by atoms with Gasteiger partial charge in [0.1, 0.15) is 18.1 Å². The van der Waals surface area contributed by atoms with Gasteiger partial charge in [0.05, 0.1) is 0 Å². The SMILES string of the molecule is CC(O)O.O=C(O)CCl.O=C(O)CCl. The molecule has 14 heavy (non-hydrogen) atoms. The Labute approximate surface area is 90.7 Å². The van der Waals surface area contributed by atoms with Crippen LogP contribution in [0.1, 0.15) is 6.92 Å². The third-order valence-corrected chi connectivity index (χ3v) is 0.686. The highest BCUT2D eigenvalue weighted by Gasteiger charge is 1.83. The number of aliphatic hydroxyl groups excluding tert-OH is 1. The fourth-order valence-electron chi connectivity index (χ4n) is 0. The molecule has 0 aromatic rings. The normalized spacial score (nSPS) is 7.86. The zero-order valence-electron chi connectivity index (χ0n) is 7.35. The second-order valence-electron chi connectivity index (χ2n) is 1.69. The topological polar surface area (TPSA) is 115 Å². The van der Waals surface area contributed by atoms with E-state index in [1.54, 1.807) is 0 Å². The zero-order valence-corrected chi connectivity index (χ0v) is 8.86. The molecule has 0 radical (unpaired) electrons. The molecular formula is C6H12Cl2O6. The lowest BCUT2D eigenvalue weighted by atomic mass is 10.8. The highest BCUT2D eigenvalue weighted by Crippen LogP contribution is 1.68. The molecule has 0 bridgehead atoms. The van der Waals surface area contributed by atoms with Crippen molar-refractivity contribution in [3.63, 3.8) is 0 Å². The van der Waals surface area contributed by atoms with E-state index in [0.717, 1.165) is 0 Å². The molecule has 86 valence electrons. The molecule has 0 rings (SSSR count). The third kappa shape index (κ3) is 105. The summed E-state index contributed by atoms with van der Waals surface area (Å²) in [5.41, 5.74) is 0. The molecule has 0 aliphatic carbocycles. The van der Waals surface area contributed by atoms with Gasteiger partial charge in [0.2, 0.25) is 0 Å². The number of aliphatic hydroxyl groups is 2. The summed E-state index contributed by atoms with van der Waals surface area (Å²) >= 11 is 9.47. The van der Waals surface area contributed by atoms with Crippen LogP contribution in [0.2, 0.25) is 0 Å². The fraction of sp³-hybridized carbons (Fsp3) is 0.667. The van der Waals surface area contributed by atoms with Crippen molar-refractivity contribution in [2.24, 2.45) is 0 Å². The van der Waals surface area contributed by atoms with Crippen LogP contribution >= 0.6 is 23.2 Å². The van der Waals surface area contributed by atoms with E-state index in [0.29, 0.717) is 0 Å². The van der Waals surface area contributed by atoms with Gasteiger partial charge in [0.25, 0.3) is 0 Å². The molecule has 0 saturated heterocycles. The Balaban J connectivity index is -0.000000131. The molecule has 0 aromatic carbocycles. The summed E-state index contributed by atoms with van der Waals surface area (Å²) in [5.74, 6) is -2.57. The minimum absolute atomic E-state index is 0.306. The summed E-state index contributed by atoms with van der Waals surface area (Å²) < 4.78 is 0. The molecule has 0 aliphatic heterocycles. The van der Waals surface area contributed by atoms with E-state index in [4.69, 9.17) is 43.6 Å². The van der Waals surface area contributed by atoms with E-state index < -0.39 is 18.2 Å². The first-order valence-electron chi connectivity index (χ1n) is 3.19. The summed E-state index contributed by atoms with van der Waals surface area (Å²) in [7, 11) is 0. The van der Waals surface area contributed by atoms with Gasteiger partial charge < -0.3 is 20.4 Å². The first kappa shape index (κ1) is 19.1. The smallest absolute Gasteiger partial charge is 0.318 e. The monoisotopic (exact) mass is 250 g/mol. The highest BCUT2D eigenvalue weighted by atomic mass is 35.5. The number of hydrogen-bond acceptors (Lipinski definition) is 4. The number of alkyl halides is 2. The van der Waals surface area contributed by atoms with Crippen LogP contribution in [0.25, 0.3) is 0 Å². The third-order valence-electron chi connectivity index (χ3n) is 0.229. The molecule has 0 unspecified atom stereocenters. The van der Waals surface area contributed by atoms with Crippen molar-refractivity contribution in [3.05, 3.63) is 0 Å². The Morgan fingerprint density at radius 2 is 1.14 bits per heavy atom. The van der Waals surface area contributed by atoms with E-state index in [-0.39, 0.29) is 11.8 Å². The highest BCUT2D eigenvalue weighted by molar-refractivity contribution is 6.26. The van der Waals surface area contributed by atoms with E-state index in [9.17, 15) is 9.59 Å². The van der Waals surface area contributed by atoms with Crippen molar-refractivity contribution in [1.29, 1.82) is 0 Å². The van der Waals surface area contributed by atoms with Crippen molar-refractivity contribution >= 4 is 35.1 Å². The Morgan fingerprint density at radius 3 is 1.14 bits per heavy atom. The van der Waals surface area contributed by atoms with Gasteiger partial charge in [-0.1, -0.05) is 0 Å². The number of hydrogen-bond donors (Lipinski definition) is 4. The van der Waals surface area contributed by atoms with Crippen LogP contribution in [0.4, 0.5) is 0 Å². The van der Waals surface area contributed by atoms with Crippen LogP contribution in [0.3, 0.4) is 0 Å². The van der Waals surface area contributed by atoms with Crippen molar-refractivity contribution in [1.82, 2.24) is 0 Å². The van der Waals surface area contributed by atoms with E-state index in [2.05, 4.69) is 0 Å². The van der Waals surface area contributed by atoms with Crippen LogP contribution in [-0.4, -0.2) is 50.4 Å². The maximum atomic E-state index is 9.24. The predicted molar refractivity (Wildman–Crippen MR) is 50.6 cm³/mol. The van der Waals surface area contributed by atoms with Crippen molar-refractivity contribution in [2.75, 3.05) is 11.8 Å². The standard InChI is InChI=1S/2C2H3ClO2.C2H6O2/c2*3-1-2(4)5;1-2(3)4/h2*1H2,(H,4,5);2-4H,1H3. The van der Waals surface area contributed by atoms with Crippen molar-refractivity contribution in [3.8, 4) is 0 Å². The molecule has 8 heteroatoms. The summed E-state index contributed by atoms with van der Waals surface area (Å²) in [4.78, 5) is 18.5. The second-order valence-corrected chi connectivity index (χ2v) is 2.22. The van der Waals surface area contributed by atoms with Gasteiger partial charge >= 0.3 is 11.9 Å². The molecule has 0 heterocycles. The number of halogens is 2. The van der Waals surface area contributed by atoms with Crippen LogP contribution in [0, 0.1) is 0 Å². The fourth-order valence-corrected chi connectivity index (χ4v) is 0. The Morgan fingerprint density at radius 1 is 1.07 bits per heavy atom. The van der Waals surface area contributed by atoms with Crippen LogP contribution in [0.5, 0.6) is 0 Å². The minimum atomic E-state index is -1.17. The Bertz CT molecular complexity index is 133. The van der Waals surface area contributed by atoms with Gasteiger partial charge in [-0.15, -0.1) is 23.2 Å². The first-order valence-corrected chi connectivity index (χ1v) is 4.26. The summed E-state index contributed by atoms with van der Waals surface area (Å²) in [6.45, 7) is 1.28. The molecule has 4 N–H and O–H groups in total. The largest absolute Gasteiger partial charge is 0.480 e. The van der Waals surface area contributed by atoms with E-state index in [1.165, 1.54) is 6.92 Å². The van der Waals surface area contributed by atoms with Crippen LogP contribution < -0.4 is 0 Å². The molecule has 0 saturated carbocycles. The van der Waals surface area contributed by atoms with Crippen LogP contribution in [-0.2, 0) is 9.59 Å². The number of aliphatic carboxylic acids is 2.